The standard InChI is InChI=1S/C19H15ClF3N3O3/c1-11-9-13(20)3-8-17(11)28-12(2)18(27)16-10-26(25-24-16)14-4-6-15(7-5-14)29-19(21,22)23/h3-10,12H,1-2H3. The Morgan fingerprint density at radius 1 is 1.17 bits per heavy atom. The van der Waals surface area contributed by atoms with Gasteiger partial charge in [-0.05, 0) is 61.9 Å². The van der Waals surface area contributed by atoms with Gasteiger partial charge in [-0.2, -0.15) is 0 Å². The van der Waals surface area contributed by atoms with Crippen LogP contribution in [0.3, 0.4) is 0 Å². The molecule has 1 aromatic heterocycles. The number of carbonyl (C=O) groups excluding carboxylic acids is 1. The predicted molar refractivity (Wildman–Crippen MR) is 98.7 cm³/mol. The van der Waals surface area contributed by atoms with E-state index in [1.165, 1.54) is 23.0 Å². The minimum atomic E-state index is -4.77. The maximum absolute atomic E-state index is 12.6. The lowest BCUT2D eigenvalue weighted by Crippen LogP contribution is -2.24. The third-order valence-electron chi connectivity index (χ3n) is 3.89. The van der Waals surface area contributed by atoms with Gasteiger partial charge >= 0.3 is 6.36 Å². The lowest BCUT2D eigenvalue weighted by molar-refractivity contribution is -0.274. The lowest BCUT2D eigenvalue weighted by Gasteiger charge is -2.14. The monoisotopic (exact) mass is 425 g/mol. The van der Waals surface area contributed by atoms with Gasteiger partial charge in [-0.15, -0.1) is 18.3 Å². The number of carbonyl (C=O) groups is 1. The number of rotatable bonds is 6. The zero-order chi connectivity index (χ0) is 21.2. The topological polar surface area (TPSA) is 66.2 Å². The van der Waals surface area contributed by atoms with Crippen LogP contribution in [0.4, 0.5) is 13.2 Å². The summed E-state index contributed by atoms with van der Waals surface area (Å²) in [6.07, 6.45) is -4.23. The molecular formula is C19H15ClF3N3O3. The van der Waals surface area contributed by atoms with Crippen molar-refractivity contribution in [3.8, 4) is 17.2 Å². The Labute approximate surface area is 168 Å². The van der Waals surface area contributed by atoms with E-state index in [0.29, 0.717) is 16.5 Å². The number of aromatic nitrogens is 3. The molecule has 2 aromatic carbocycles. The average Bonchev–Trinajstić information content (AvgIpc) is 3.12. The van der Waals surface area contributed by atoms with Gasteiger partial charge in [0, 0.05) is 5.02 Å². The quantitative estimate of drug-likeness (QED) is 0.532. The molecule has 0 saturated carbocycles. The molecule has 29 heavy (non-hydrogen) atoms. The number of halogens is 4. The van der Waals surface area contributed by atoms with Gasteiger partial charge in [0.05, 0.1) is 11.9 Å². The summed E-state index contributed by atoms with van der Waals surface area (Å²) in [5.41, 5.74) is 1.25. The first-order valence-corrected chi connectivity index (χ1v) is 8.76. The van der Waals surface area contributed by atoms with Gasteiger partial charge in [0.25, 0.3) is 0 Å². The molecule has 1 atom stereocenters. The Morgan fingerprint density at radius 3 is 2.48 bits per heavy atom. The molecule has 0 aliphatic heterocycles. The van der Waals surface area contributed by atoms with Gasteiger partial charge in [0.1, 0.15) is 11.5 Å². The average molecular weight is 426 g/mol. The molecule has 3 aromatic rings. The third-order valence-corrected chi connectivity index (χ3v) is 4.13. The summed E-state index contributed by atoms with van der Waals surface area (Å²) in [4.78, 5) is 12.6. The Balaban J connectivity index is 1.70. The van der Waals surface area contributed by atoms with E-state index in [1.807, 2.05) is 0 Å². The molecule has 0 amide bonds. The Hall–Kier alpha value is -3.07. The number of nitrogens with zero attached hydrogens (tertiary/aromatic N) is 3. The normalized spacial score (nSPS) is 12.5. The van der Waals surface area contributed by atoms with Crippen molar-refractivity contribution in [1.29, 1.82) is 0 Å². The molecule has 0 radical (unpaired) electrons. The number of aryl methyl sites for hydroxylation is 1. The summed E-state index contributed by atoms with van der Waals surface area (Å²) < 4.78 is 47.5. The highest BCUT2D eigenvalue weighted by molar-refractivity contribution is 6.30. The van der Waals surface area contributed by atoms with Crippen LogP contribution in [0.15, 0.2) is 48.7 Å². The van der Waals surface area contributed by atoms with Crippen LogP contribution in [0.5, 0.6) is 11.5 Å². The van der Waals surface area contributed by atoms with Gasteiger partial charge in [-0.1, -0.05) is 16.8 Å². The third kappa shape index (κ3) is 5.26. The van der Waals surface area contributed by atoms with Gasteiger partial charge in [-0.3, -0.25) is 4.79 Å². The van der Waals surface area contributed by atoms with Crippen LogP contribution in [-0.2, 0) is 0 Å². The SMILES string of the molecule is Cc1cc(Cl)ccc1OC(C)C(=O)c1cn(-c2ccc(OC(F)(F)F)cc2)nn1. The number of benzene rings is 2. The van der Waals surface area contributed by atoms with Crippen LogP contribution in [0, 0.1) is 6.92 Å². The minimum absolute atomic E-state index is 0.0553. The van der Waals surface area contributed by atoms with E-state index in [-0.39, 0.29) is 11.4 Å². The first kappa shape index (κ1) is 20.7. The fourth-order valence-electron chi connectivity index (χ4n) is 2.50. The minimum Gasteiger partial charge on any atom is -0.482 e. The summed E-state index contributed by atoms with van der Waals surface area (Å²) in [6, 6.07) is 10.0. The Bertz CT molecular complexity index is 1020. The van der Waals surface area contributed by atoms with E-state index < -0.39 is 18.2 Å². The summed E-state index contributed by atoms with van der Waals surface area (Å²) in [5.74, 6) is -0.247. The Morgan fingerprint density at radius 2 is 1.86 bits per heavy atom. The first-order valence-electron chi connectivity index (χ1n) is 8.38. The number of ketones is 1. The Kier molecular flexibility index (Phi) is 5.78. The van der Waals surface area contributed by atoms with E-state index in [1.54, 1.807) is 32.0 Å². The maximum atomic E-state index is 12.6. The first-order chi connectivity index (χ1) is 13.6. The fraction of sp³-hybridized carbons (Fsp3) is 0.211. The van der Waals surface area contributed by atoms with E-state index in [2.05, 4.69) is 15.0 Å². The van der Waals surface area contributed by atoms with Crippen LogP contribution in [0.2, 0.25) is 5.02 Å². The van der Waals surface area contributed by atoms with Crippen molar-refractivity contribution in [2.45, 2.75) is 26.3 Å². The van der Waals surface area contributed by atoms with Crippen molar-refractivity contribution >= 4 is 17.4 Å². The van der Waals surface area contributed by atoms with Crippen molar-refractivity contribution in [2.75, 3.05) is 0 Å². The summed E-state index contributed by atoms with van der Waals surface area (Å²) in [6.45, 7) is 3.39. The largest absolute Gasteiger partial charge is 0.573 e. The molecule has 0 N–H and O–H groups in total. The lowest BCUT2D eigenvalue weighted by atomic mass is 10.2. The molecule has 152 valence electrons. The van der Waals surface area contributed by atoms with Crippen molar-refractivity contribution in [3.05, 3.63) is 64.9 Å². The van der Waals surface area contributed by atoms with Crippen molar-refractivity contribution in [1.82, 2.24) is 15.0 Å². The number of ether oxygens (including phenoxy) is 2. The van der Waals surface area contributed by atoms with E-state index in [4.69, 9.17) is 16.3 Å². The molecule has 6 nitrogen and oxygen atoms in total. The molecule has 3 rings (SSSR count). The second kappa shape index (κ2) is 8.12. The predicted octanol–water partition coefficient (Wildman–Crippen LogP) is 4.78. The number of Topliss-reactive ketones (excluding diaryl/α,β-unsaturated/α-hetero) is 1. The second-order valence-corrected chi connectivity index (χ2v) is 6.56. The second-order valence-electron chi connectivity index (χ2n) is 6.12. The fourth-order valence-corrected chi connectivity index (χ4v) is 2.73. The zero-order valence-corrected chi connectivity index (χ0v) is 16.0. The highest BCUT2D eigenvalue weighted by atomic mass is 35.5. The van der Waals surface area contributed by atoms with Gasteiger partial charge in [-0.25, -0.2) is 4.68 Å². The zero-order valence-electron chi connectivity index (χ0n) is 15.3. The molecule has 0 aliphatic carbocycles. The molecule has 0 saturated heterocycles. The van der Waals surface area contributed by atoms with Crippen molar-refractivity contribution < 1.29 is 27.4 Å². The van der Waals surface area contributed by atoms with Crippen molar-refractivity contribution in [2.24, 2.45) is 0 Å². The molecular weight excluding hydrogens is 411 g/mol. The molecule has 0 fully saturated rings. The summed E-state index contributed by atoms with van der Waals surface area (Å²) in [7, 11) is 0. The van der Waals surface area contributed by atoms with Gasteiger partial charge in [0.2, 0.25) is 5.78 Å². The van der Waals surface area contributed by atoms with Gasteiger partial charge < -0.3 is 9.47 Å². The molecule has 0 aliphatic rings. The summed E-state index contributed by atoms with van der Waals surface area (Å²) in [5, 5.41) is 8.22. The number of hydrogen-bond donors (Lipinski definition) is 0. The highest BCUT2D eigenvalue weighted by Gasteiger charge is 2.31. The van der Waals surface area contributed by atoms with Gasteiger partial charge in [0.15, 0.2) is 11.8 Å². The number of alkyl halides is 3. The summed E-state index contributed by atoms with van der Waals surface area (Å²) >= 11 is 5.91. The van der Waals surface area contributed by atoms with Crippen LogP contribution in [-0.4, -0.2) is 33.2 Å². The molecule has 10 heteroatoms. The maximum Gasteiger partial charge on any atom is 0.573 e. The highest BCUT2D eigenvalue weighted by Crippen LogP contribution is 2.25. The molecule has 1 unspecified atom stereocenters. The molecule has 1 heterocycles. The van der Waals surface area contributed by atoms with Crippen molar-refractivity contribution in [3.63, 3.8) is 0 Å². The van der Waals surface area contributed by atoms with Crippen LogP contribution >= 0.6 is 11.6 Å². The van der Waals surface area contributed by atoms with E-state index in [0.717, 1.165) is 17.7 Å². The van der Waals surface area contributed by atoms with E-state index >= 15 is 0 Å². The van der Waals surface area contributed by atoms with Crippen LogP contribution in [0.25, 0.3) is 5.69 Å². The molecule has 0 spiro atoms. The van der Waals surface area contributed by atoms with Crippen LogP contribution in [0.1, 0.15) is 23.0 Å². The molecule has 0 bridgehead atoms. The van der Waals surface area contributed by atoms with E-state index in [9.17, 15) is 18.0 Å². The smallest absolute Gasteiger partial charge is 0.482 e. The van der Waals surface area contributed by atoms with Crippen LogP contribution < -0.4 is 9.47 Å². The number of hydrogen-bond acceptors (Lipinski definition) is 5.